The van der Waals surface area contributed by atoms with Crippen molar-refractivity contribution < 1.29 is 27.4 Å². The molecule has 0 bridgehead atoms. The molecule has 0 amide bonds. The average molecular weight is 353 g/mol. The molecular formula is C17H30F3NO3. The lowest BCUT2D eigenvalue weighted by Gasteiger charge is -2.31. The minimum absolute atomic E-state index is 0.00918. The molecule has 0 aromatic carbocycles. The first-order chi connectivity index (χ1) is 11.2. The zero-order valence-corrected chi connectivity index (χ0v) is 14.6. The summed E-state index contributed by atoms with van der Waals surface area (Å²) in [7, 11) is 0. The van der Waals surface area contributed by atoms with E-state index in [4.69, 9.17) is 15.2 Å². The van der Waals surface area contributed by atoms with Crippen molar-refractivity contribution in [3.8, 4) is 0 Å². The highest BCUT2D eigenvalue weighted by Gasteiger charge is 2.33. The first-order valence-corrected chi connectivity index (χ1v) is 8.89. The van der Waals surface area contributed by atoms with E-state index in [2.05, 4.69) is 6.92 Å². The van der Waals surface area contributed by atoms with Crippen LogP contribution in [0.1, 0.15) is 65.2 Å². The maximum absolute atomic E-state index is 12.3. The first kappa shape index (κ1) is 21.2. The van der Waals surface area contributed by atoms with Crippen LogP contribution in [0.25, 0.3) is 0 Å². The van der Waals surface area contributed by atoms with Crippen LogP contribution in [-0.4, -0.2) is 37.0 Å². The lowest BCUT2D eigenvalue weighted by molar-refractivity contribution is -0.156. The molecule has 0 radical (unpaired) electrons. The number of hydrogen-bond donors (Lipinski definition) is 1. The van der Waals surface area contributed by atoms with Gasteiger partial charge in [0.25, 0.3) is 0 Å². The van der Waals surface area contributed by atoms with Crippen molar-refractivity contribution in [2.75, 3.05) is 6.61 Å². The summed E-state index contributed by atoms with van der Waals surface area (Å²) in [6, 6.07) is -0.636. The second-order valence-corrected chi connectivity index (χ2v) is 6.61. The number of carbonyl (C=O) groups excluding carboxylic acids is 1. The molecule has 1 aliphatic rings. The normalized spacial score (nSPS) is 29.5. The third-order valence-corrected chi connectivity index (χ3v) is 4.52. The number of alkyl halides is 3. The molecule has 1 fully saturated rings. The molecule has 1 aliphatic heterocycles. The van der Waals surface area contributed by atoms with Crippen LogP contribution < -0.4 is 5.73 Å². The number of nitrogens with two attached hydrogens (primary N) is 1. The molecule has 1 heterocycles. The number of rotatable bonds is 7. The molecule has 1 saturated heterocycles. The standard InChI is InChI=1S/C17H30F3NO3/c1-3-4-7-13-12(2)24-16(22)14(21)8-5-9-15(13)23-11-6-10-17(18,19)20/h12-15H,3-11,21H2,1-2H3/t12-,13-,14-,15-/m0/s1. The quantitative estimate of drug-likeness (QED) is 0.556. The molecule has 24 heavy (non-hydrogen) atoms. The van der Waals surface area contributed by atoms with Crippen molar-refractivity contribution >= 4 is 5.97 Å². The Morgan fingerprint density at radius 2 is 2.00 bits per heavy atom. The van der Waals surface area contributed by atoms with Crippen LogP contribution in [-0.2, 0) is 14.3 Å². The number of ether oxygens (including phenoxy) is 2. The average Bonchev–Trinajstić information content (AvgIpc) is 2.53. The van der Waals surface area contributed by atoms with E-state index in [0.717, 1.165) is 19.3 Å². The second kappa shape index (κ2) is 10.2. The lowest BCUT2D eigenvalue weighted by atomic mass is 9.88. The second-order valence-electron chi connectivity index (χ2n) is 6.61. The van der Waals surface area contributed by atoms with Crippen LogP contribution in [0.5, 0.6) is 0 Å². The number of carbonyl (C=O) groups is 1. The van der Waals surface area contributed by atoms with E-state index in [1.54, 1.807) is 0 Å². The fraction of sp³-hybridized carbons (Fsp3) is 0.941. The van der Waals surface area contributed by atoms with Crippen LogP contribution in [0.15, 0.2) is 0 Å². The van der Waals surface area contributed by atoms with Gasteiger partial charge in [-0.15, -0.1) is 0 Å². The van der Waals surface area contributed by atoms with Gasteiger partial charge in [0.05, 0.1) is 6.10 Å². The number of hydrogen-bond acceptors (Lipinski definition) is 4. The lowest BCUT2D eigenvalue weighted by Crippen LogP contribution is -2.38. The molecule has 142 valence electrons. The molecule has 0 saturated carbocycles. The number of cyclic esters (lactones) is 1. The van der Waals surface area contributed by atoms with Crippen molar-refractivity contribution in [3.63, 3.8) is 0 Å². The number of unbranched alkanes of at least 4 members (excludes halogenated alkanes) is 1. The Hall–Kier alpha value is -0.820. The zero-order valence-electron chi connectivity index (χ0n) is 14.6. The van der Waals surface area contributed by atoms with Gasteiger partial charge in [0.1, 0.15) is 12.1 Å². The number of esters is 1. The predicted molar refractivity (Wildman–Crippen MR) is 85.4 cm³/mol. The van der Waals surface area contributed by atoms with E-state index in [0.29, 0.717) is 19.3 Å². The van der Waals surface area contributed by atoms with Gasteiger partial charge in [-0.25, -0.2) is 0 Å². The van der Waals surface area contributed by atoms with Gasteiger partial charge >= 0.3 is 12.1 Å². The Bertz CT molecular complexity index is 377. The molecular weight excluding hydrogens is 323 g/mol. The van der Waals surface area contributed by atoms with Crippen molar-refractivity contribution in [1.29, 1.82) is 0 Å². The minimum Gasteiger partial charge on any atom is -0.461 e. The van der Waals surface area contributed by atoms with Gasteiger partial charge < -0.3 is 15.2 Å². The van der Waals surface area contributed by atoms with Gasteiger partial charge in [-0.05, 0) is 39.0 Å². The van der Waals surface area contributed by atoms with Crippen LogP contribution >= 0.6 is 0 Å². The van der Waals surface area contributed by atoms with Crippen LogP contribution in [0.4, 0.5) is 13.2 Å². The molecule has 2 N–H and O–H groups in total. The van der Waals surface area contributed by atoms with Crippen LogP contribution in [0.2, 0.25) is 0 Å². The summed E-state index contributed by atoms with van der Waals surface area (Å²) >= 11 is 0. The third kappa shape index (κ3) is 7.83. The fourth-order valence-electron chi connectivity index (χ4n) is 3.11. The number of halogens is 3. The van der Waals surface area contributed by atoms with Crippen molar-refractivity contribution in [1.82, 2.24) is 0 Å². The van der Waals surface area contributed by atoms with E-state index in [1.807, 2.05) is 6.92 Å². The topological polar surface area (TPSA) is 61.5 Å². The van der Waals surface area contributed by atoms with Gasteiger partial charge in [0.15, 0.2) is 0 Å². The third-order valence-electron chi connectivity index (χ3n) is 4.52. The smallest absolute Gasteiger partial charge is 0.389 e. The summed E-state index contributed by atoms with van der Waals surface area (Å²) in [5, 5.41) is 0. The first-order valence-electron chi connectivity index (χ1n) is 8.89. The molecule has 0 aromatic rings. The predicted octanol–water partition coefficient (Wildman–Crippen LogP) is 3.96. The van der Waals surface area contributed by atoms with E-state index < -0.39 is 24.6 Å². The van der Waals surface area contributed by atoms with Crippen molar-refractivity contribution in [2.24, 2.45) is 11.7 Å². The van der Waals surface area contributed by atoms with Gasteiger partial charge in [-0.1, -0.05) is 19.8 Å². The zero-order chi connectivity index (χ0) is 18.2. The summed E-state index contributed by atoms with van der Waals surface area (Å²) < 4.78 is 48.0. The Morgan fingerprint density at radius 1 is 1.29 bits per heavy atom. The molecule has 0 unspecified atom stereocenters. The Morgan fingerprint density at radius 3 is 2.62 bits per heavy atom. The highest BCUT2D eigenvalue weighted by atomic mass is 19.4. The highest BCUT2D eigenvalue weighted by Crippen LogP contribution is 2.29. The molecule has 7 heteroatoms. The summed E-state index contributed by atoms with van der Waals surface area (Å²) in [5.74, 6) is -0.410. The van der Waals surface area contributed by atoms with E-state index in [-0.39, 0.29) is 31.2 Å². The van der Waals surface area contributed by atoms with Crippen molar-refractivity contribution in [3.05, 3.63) is 0 Å². The Kier molecular flexibility index (Phi) is 9.05. The van der Waals surface area contributed by atoms with Crippen LogP contribution in [0.3, 0.4) is 0 Å². The van der Waals surface area contributed by atoms with E-state index >= 15 is 0 Å². The van der Waals surface area contributed by atoms with Crippen LogP contribution in [0, 0.1) is 5.92 Å². The van der Waals surface area contributed by atoms with Gasteiger partial charge in [0, 0.05) is 18.9 Å². The maximum atomic E-state index is 12.3. The Balaban J connectivity index is 2.68. The monoisotopic (exact) mass is 353 g/mol. The van der Waals surface area contributed by atoms with Gasteiger partial charge in [-0.2, -0.15) is 13.2 Å². The van der Waals surface area contributed by atoms with Gasteiger partial charge in [0.2, 0.25) is 0 Å². The van der Waals surface area contributed by atoms with Gasteiger partial charge in [-0.3, -0.25) is 4.79 Å². The maximum Gasteiger partial charge on any atom is 0.389 e. The minimum atomic E-state index is -4.15. The fourth-order valence-corrected chi connectivity index (χ4v) is 3.11. The summed E-state index contributed by atoms with van der Waals surface area (Å²) in [4.78, 5) is 11.9. The van der Waals surface area contributed by atoms with E-state index in [9.17, 15) is 18.0 Å². The molecule has 0 aliphatic carbocycles. The molecule has 4 nitrogen and oxygen atoms in total. The molecule has 0 aromatic heterocycles. The summed E-state index contributed by atoms with van der Waals surface area (Å²) in [5.41, 5.74) is 5.80. The molecule has 0 spiro atoms. The largest absolute Gasteiger partial charge is 0.461 e. The molecule has 4 atom stereocenters. The van der Waals surface area contributed by atoms with E-state index in [1.165, 1.54) is 0 Å². The Labute approximate surface area is 142 Å². The summed E-state index contributed by atoms with van der Waals surface area (Å²) in [6.07, 6.45) is -0.900. The highest BCUT2D eigenvalue weighted by molar-refractivity contribution is 5.75. The van der Waals surface area contributed by atoms with Crippen molar-refractivity contribution in [2.45, 2.75) is 89.6 Å². The molecule has 1 rings (SSSR count). The SMILES string of the molecule is CCCC[C@H]1[C@H](C)OC(=O)[C@@H](N)CCC[C@@H]1OCCCC(F)(F)F. The summed E-state index contributed by atoms with van der Waals surface area (Å²) in [6.45, 7) is 3.96.